The Bertz CT molecular complexity index is 646. The Labute approximate surface area is 124 Å². The van der Waals surface area contributed by atoms with Gasteiger partial charge in [-0.05, 0) is 31.7 Å². The van der Waals surface area contributed by atoms with Crippen LogP contribution in [-0.4, -0.2) is 16.9 Å². The van der Waals surface area contributed by atoms with E-state index in [1.807, 2.05) is 24.3 Å². The summed E-state index contributed by atoms with van der Waals surface area (Å²) in [6, 6.07) is 9.54. The summed E-state index contributed by atoms with van der Waals surface area (Å²) >= 11 is 0. The molecule has 1 aromatic heterocycles. The van der Waals surface area contributed by atoms with Crippen LogP contribution in [0, 0.1) is 5.41 Å². The first-order chi connectivity index (χ1) is 10.2. The van der Waals surface area contributed by atoms with Gasteiger partial charge in [0.15, 0.2) is 0 Å². The third-order valence-corrected chi connectivity index (χ3v) is 4.07. The van der Waals surface area contributed by atoms with Gasteiger partial charge in [-0.25, -0.2) is 4.98 Å². The van der Waals surface area contributed by atoms with E-state index >= 15 is 0 Å². The van der Waals surface area contributed by atoms with Crippen LogP contribution in [0.25, 0.3) is 10.9 Å². The lowest BCUT2D eigenvalue weighted by Crippen LogP contribution is -2.17. The van der Waals surface area contributed by atoms with Crippen molar-refractivity contribution in [3.63, 3.8) is 0 Å². The summed E-state index contributed by atoms with van der Waals surface area (Å²) in [5, 5.41) is 8.66. The summed E-state index contributed by atoms with van der Waals surface area (Å²) < 4.78 is 6.07. The highest BCUT2D eigenvalue weighted by atomic mass is 16.5. The summed E-state index contributed by atoms with van der Waals surface area (Å²) in [6.45, 7) is 0. The normalized spacial score (nSPS) is 16.6. The molecule has 2 aromatic rings. The Morgan fingerprint density at radius 1 is 1.14 bits per heavy atom. The van der Waals surface area contributed by atoms with Crippen LogP contribution in [0.15, 0.2) is 30.3 Å². The molecule has 4 heteroatoms. The van der Waals surface area contributed by atoms with E-state index < -0.39 is 0 Å². The smallest absolute Gasteiger partial charge is 0.214 e. The zero-order valence-electron chi connectivity index (χ0n) is 12.1. The highest BCUT2D eigenvalue weighted by Crippen LogP contribution is 2.25. The third kappa shape index (κ3) is 3.15. The maximum atomic E-state index is 7.76. The van der Waals surface area contributed by atoms with Gasteiger partial charge in [0.1, 0.15) is 11.9 Å². The quantitative estimate of drug-likeness (QED) is 0.513. The topological polar surface area (TPSA) is 72.0 Å². The first kappa shape index (κ1) is 13.9. The Hall–Kier alpha value is -2.10. The van der Waals surface area contributed by atoms with Crippen LogP contribution in [0.1, 0.15) is 44.1 Å². The molecule has 4 nitrogen and oxygen atoms in total. The van der Waals surface area contributed by atoms with E-state index in [9.17, 15) is 0 Å². The van der Waals surface area contributed by atoms with Gasteiger partial charge < -0.3 is 10.5 Å². The number of ether oxygens (including phenoxy) is 1. The highest BCUT2D eigenvalue weighted by molar-refractivity contribution is 6.06. The van der Waals surface area contributed by atoms with E-state index in [1.54, 1.807) is 6.07 Å². The minimum Gasteiger partial charge on any atom is -0.474 e. The number of nitrogens with zero attached hydrogens (tertiary/aromatic N) is 1. The van der Waals surface area contributed by atoms with Crippen LogP contribution >= 0.6 is 0 Å². The van der Waals surface area contributed by atoms with E-state index in [1.165, 1.54) is 25.7 Å². The van der Waals surface area contributed by atoms with Crippen molar-refractivity contribution in [2.75, 3.05) is 0 Å². The number of fused-ring (bicyclic) bond motifs is 1. The second kappa shape index (κ2) is 6.12. The summed E-state index contributed by atoms with van der Waals surface area (Å²) in [5.41, 5.74) is 7.23. The average Bonchev–Trinajstić information content (AvgIpc) is 2.75. The number of nitrogen functional groups attached to an aromatic ring is 1. The molecule has 1 saturated carbocycles. The van der Waals surface area contributed by atoms with Crippen molar-refractivity contribution in [1.82, 2.24) is 4.98 Å². The van der Waals surface area contributed by atoms with Crippen molar-refractivity contribution in [1.29, 1.82) is 5.41 Å². The van der Waals surface area contributed by atoms with Crippen molar-refractivity contribution in [2.45, 2.75) is 44.6 Å². The number of rotatable bonds is 3. The Morgan fingerprint density at radius 2 is 1.86 bits per heavy atom. The van der Waals surface area contributed by atoms with Gasteiger partial charge in [-0.3, -0.25) is 5.41 Å². The van der Waals surface area contributed by atoms with Crippen LogP contribution in [0.4, 0.5) is 0 Å². The molecule has 1 aromatic carbocycles. The van der Waals surface area contributed by atoms with Crippen LogP contribution < -0.4 is 10.5 Å². The van der Waals surface area contributed by atoms with E-state index in [2.05, 4.69) is 4.98 Å². The molecule has 0 bridgehead atoms. The fraction of sp³-hybridized carbons (Fsp3) is 0.412. The second-order valence-corrected chi connectivity index (χ2v) is 5.67. The average molecular weight is 283 g/mol. The molecule has 1 fully saturated rings. The van der Waals surface area contributed by atoms with Crippen molar-refractivity contribution in [2.24, 2.45) is 5.73 Å². The van der Waals surface area contributed by atoms with Gasteiger partial charge in [0.25, 0.3) is 0 Å². The standard InChI is InChI=1S/C17H21N3O/c18-17(19)14-11-16(20-15-10-6-5-9-13(14)15)21-12-7-3-1-2-4-8-12/h5-6,9-12H,1-4,7-8H2,(H3,18,19). The first-order valence-electron chi connectivity index (χ1n) is 7.65. The number of para-hydroxylation sites is 1. The summed E-state index contributed by atoms with van der Waals surface area (Å²) in [7, 11) is 0. The first-order valence-corrected chi connectivity index (χ1v) is 7.65. The maximum absolute atomic E-state index is 7.76. The number of nitrogens with two attached hydrogens (primary N) is 1. The summed E-state index contributed by atoms with van der Waals surface area (Å²) in [6.07, 6.45) is 7.44. The monoisotopic (exact) mass is 283 g/mol. The fourth-order valence-corrected chi connectivity index (χ4v) is 2.96. The zero-order valence-corrected chi connectivity index (χ0v) is 12.1. The van der Waals surface area contributed by atoms with Crippen LogP contribution in [0.2, 0.25) is 0 Å². The molecule has 0 spiro atoms. The third-order valence-electron chi connectivity index (χ3n) is 4.07. The molecule has 1 aliphatic rings. The molecule has 1 heterocycles. The summed E-state index contributed by atoms with van der Waals surface area (Å²) in [4.78, 5) is 4.57. The SMILES string of the molecule is N=C(N)c1cc(OC2CCCCCC2)nc2ccccc12. The molecule has 0 radical (unpaired) electrons. The largest absolute Gasteiger partial charge is 0.474 e. The number of nitrogens with one attached hydrogen (secondary N) is 1. The molecule has 3 N–H and O–H groups in total. The number of hydrogen-bond donors (Lipinski definition) is 2. The fourth-order valence-electron chi connectivity index (χ4n) is 2.96. The molecule has 1 aliphatic carbocycles. The van der Waals surface area contributed by atoms with Gasteiger partial charge in [0.05, 0.1) is 5.52 Å². The molecule has 21 heavy (non-hydrogen) atoms. The van der Waals surface area contributed by atoms with Gasteiger partial charge in [0.2, 0.25) is 5.88 Å². The van der Waals surface area contributed by atoms with Gasteiger partial charge in [-0.1, -0.05) is 31.0 Å². The zero-order chi connectivity index (χ0) is 14.7. The predicted octanol–water partition coefficient (Wildman–Crippen LogP) is 3.62. The van der Waals surface area contributed by atoms with Crippen LogP contribution in [0.3, 0.4) is 0 Å². The van der Waals surface area contributed by atoms with Gasteiger partial charge in [0, 0.05) is 17.0 Å². The Balaban J connectivity index is 1.93. The lowest BCUT2D eigenvalue weighted by molar-refractivity contribution is 0.177. The van der Waals surface area contributed by atoms with Crippen LogP contribution in [-0.2, 0) is 0 Å². The van der Waals surface area contributed by atoms with E-state index in [-0.39, 0.29) is 11.9 Å². The molecule has 110 valence electrons. The van der Waals surface area contributed by atoms with Gasteiger partial charge >= 0.3 is 0 Å². The van der Waals surface area contributed by atoms with E-state index in [4.69, 9.17) is 15.9 Å². The molecule has 0 atom stereocenters. The predicted molar refractivity (Wildman–Crippen MR) is 84.9 cm³/mol. The molecule has 0 amide bonds. The molecule has 3 rings (SSSR count). The molecular formula is C17H21N3O. The highest BCUT2D eigenvalue weighted by Gasteiger charge is 2.16. The number of benzene rings is 1. The van der Waals surface area contributed by atoms with Crippen molar-refractivity contribution in [3.05, 3.63) is 35.9 Å². The number of aromatic nitrogens is 1. The maximum Gasteiger partial charge on any atom is 0.214 e. The van der Waals surface area contributed by atoms with Crippen molar-refractivity contribution < 1.29 is 4.74 Å². The lowest BCUT2D eigenvalue weighted by atomic mass is 10.1. The van der Waals surface area contributed by atoms with Crippen LogP contribution in [0.5, 0.6) is 5.88 Å². The van der Waals surface area contributed by atoms with Crippen molar-refractivity contribution >= 4 is 16.7 Å². The molecule has 0 saturated heterocycles. The Kier molecular flexibility index (Phi) is 4.04. The summed E-state index contributed by atoms with van der Waals surface area (Å²) in [5.74, 6) is 0.644. The van der Waals surface area contributed by atoms with E-state index in [0.29, 0.717) is 11.4 Å². The lowest BCUT2D eigenvalue weighted by Gasteiger charge is -2.17. The number of hydrogen-bond acceptors (Lipinski definition) is 3. The molecule has 0 aliphatic heterocycles. The van der Waals surface area contributed by atoms with Crippen molar-refractivity contribution in [3.8, 4) is 5.88 Å². The molecule has 0 unspecified atom stereocenters. The number of amidine groups is 1. The Morgan fingerprint density at radius 3 is 2.57 bits per heavy atom. The molecular weight excluding hydrogens is 262 g/mol. The minimum atomic E-state index is 0.0549. The van der Waals surface area contributed by atoms with E-state index in [0.717, 1.165) is 23.7 Å². The number of pyridine rings is 1. The second-order valence-electron chi connectivity index (χ2n) is 5.67. The minimum absolute atomic E-state index is 0.0549. The van der Waals surface area contributed by atoms with Gasteiger partial charge in [-0.2, -0.15) is 0 Å². The van der Waals surface area contributed by atoms with Gasteiger partial charge in [-0.15, -0.1) is 0 Å².